The highest BCUT2D eigenvalue weighted by molar-refractivity contribution is 6.74. The van der Waals surface area contributed by atoms with Crippen molar-refractivity contribution in [2.45, 2.75) is 63.8 Å². The van der Waals surface area contributed by atoms with E-state index in [1.54, 1.807) is 0 Å². The van der Waals surface area contributed by atoms with Gasteiger partial charge in [0, 0.05) is 19.7 Å². The summed E-state index contributed by atoms with van der Waals surface area (Å²) in [7, 11) is -1.83. The average Bonchev–Trinajstić information content (AvgIpc) is 2.71. The lowest BCUT2D eigenvalue weighted by Crippen LogP contribution is -2.64. The number of rotatable bonds is 6. The molecular weight excluding hydrogens is 456 g/mol. The molecule has 1 aromatic rings. The van der Waals surface area contributed by atoms with E-state index in [0.717, 1.165) is 27.3 Å². The Hall–Kier alpha value is -2.85. The third-order valence-corrected chi connectivity index (χ3v) is 11.9. The van der Waals surface area contributed by atoms with Gasteiger partial charge in [-0.15, -0.1) is 0 Å². The first-order valence-electron chi connectivity index (χ1n) is 11.4. The minimum absolute atomic E-state index is 0.0113. The van der Waals surface area contributed by atoms with Gasteiger partial charge in [0.2, 0.25) is 0 Å². The zero-order valence-electron chi connectivity index (χ0n) is 20.4. The van der Waals surface area contributed by atoms with Crippen LogP contribution < -0.4 is 0 Å². The Balaban J connectivity index is 1.84. The molecule has 10 heteroatoms. The van der Waals surface area contributed by atoms with Crippen molar-refractivity contribution < 1.29 is 34.1 Å². The van der Waals surface area contributed by atoms with Crippen LogP contribution in [-0.2, 0) is 15.6 Å². The number of amides is 2. The van der Waals surface area contributed by atoms with Crippen molar-refractivity contribution in [2.75, 3.05) is 19.7 Å². The first-order valence-corrected chi connectivity index (χ1v) is 14.3. The quantitative estimate of drug-likeness (QED) is 0.510. The third kappa shape index (κ3) is 5.12. The van der Waals surface area contributed by atoms with Crippen molar-refractivity contribution in [3.8, 4) is 0 Å². The number of piperazine rings is 1. The minimum Gasteiger partial charge on any atom is -0.478 e. The molecule has 0 saturated carbocycles. The molecule has 34 heavy (non-hydrogen) atoms. The molecule has 2 bridgehead atoms. The SMILES string of the molecule is CC(C)(C)[Si](C)(C)OCCc1ccc(C2=C(C(=O)O)[C@H]3CN(C(=O)O)C[C@@H](C2)N3C(=O)O)cc1. The van der Waals surface area contributed by atoms with Crippen LogP contribution in [-0.4, -0.2) is 83.4 Å². The van der Waals surface area contributed by atoms with Crippen LogP contribution in [0.2, 0.25) is 18.1 Å². The molecule has 2 atom stereocenters. The summed E-state index contributed by atoms with van der Waals surface area (Å²) in [5.41, 5.74) is 2.29. The molecule has 2 aliphatic heterocycles. The van der Waals surface area contributed by atoms with Gasteiger partial charge in [-0.3, -0.25) is 4.90 Å². The number of carbonyl (C=O) groups is 3. The molecule has 1 fully saturated rings. The summed E-state index contributed by atoms with van der Waals surface area (Å²) in [5.74, 6) is -1.23. The average molecular weight is 491 g/mol. The molecule has 186 valence electrons. The molecule has 3 rings (SSSR count). The second-order valence-corrected chi connectivity index (χ2v) is 15.3. The zero-order valence-corrected chi connectivity index (χ0v) is 21.4. The van der Waals surface area contributed by atoms with E-state index in [0.29, 0.717) is 12.2 Å². The van der Waals surface area contributed by atoms with Gasteiger partial charge in [0.05, 0.1) is 17.7 Å². The number of fused-ring (bicyclic) bond motifs is 2. The van der Waals surface area contributed by atoms with Crippen LogP contribution in [0.1, 0.15) is 38.3 Å². The maximum Gasteiger partial charge on any atom is 0.408 e. The smallest absolute Gasteiger partial charge is 0.408 e. The monoisotopic (exact) mass is 490 g/mol. The Morgan fingerprint density at radius 3 is 2.15 bits per heavy atom. The first-order chi connectivity index (χ1) is 15.7. The van der Waals surface area contributed by atoms with Crippen molar-refractivity contribution in [2.24, 2.45) is 0 Å². The summed E-state index contributed by atoms with van der Waals surface area (Å²) < 4.78 is 6.24. The van der Waals surface area contributed by atoms with E-state index in [4.69, 9.17) is 4.43 Å². The third-order valence-electron chi connectivity index (χ3n) is 7.34. The van der Waals surface area contributed by atoms with Crippen molar-refractivity contribution in [1.82, 2.24) is 9.80 Å². The molecule has 0 aliphatic carbocycles. The minimum atomic E-state index is -1.83. The molecule has 9 nitrogen and oxygen atoms in total. The number of carboxylic acid groups (broad SMARTS) is 3. The number of hydrogen-bond donors (Lipinski definition) is 3. The van der Waals surface area contributed by atoms with Crippen LogP contribution in [0.15, 0.2) is 29.8 Å². The number of hydrogen-bond acceptors (Lipinski definition) is 4. The Labute approximate surface area is 200 Å². The lowest BCUT2D eigenvalue weighted by Gasteiger charge is -2.48. The fraction of sp³-hybridized carbons (Fsp3) is 0.542. The maximum absolute atomic E-state index is 12.2. The predicted molar refractivity (Wildman–Crippen MR) is 130 cm³/mol. The molecule has 2 heterocycles. The highest BCUT2D eigenvalue weighted by Gasteiger charge is 2.47. The van der Waals surface area contributed by atoms with Crippen LogP contribution in [0.25, 0.3) is 5.57 Å². The van der Waals surface area contributed by atoms with Crippen LogP contribution >= 0.6 is 0 Å². The van der Waals surface area contributed by atoms with Crippen LogP contribution in [0, 0.1) is 0 Å². The van der Waals surface area contributed by atoms with Crippen LogP contribution in [0.4, 0.5) is 9.59 Å². The Morgan fingerprint density at radius 1 is 1.03 bits per heavy atom. The van der Waals surface area contributed by atoms with Gasteiger partial charge in [-0.05, 0) is 47.7 Å². The van der Waals surface area contributed by atoms with Gasteiger partial charge < -0.3 is 24.6 Å². The molecular formula is C24H34N2O7Si. The van der Waals surface area contributed by atoms with Gasteiger partial charge in [0.15, 0.2) is 8.32 Å². The summed E-state index contributed by atoms with van der Waals surface area (Å²) in [5, 5.41) is 29.2. The van der Waals surface area contributed by atoms with Crippen molar-refractivity contribution in [3.05, 3.63) is 41.0 Å². The first kappa shape index (κ1) is 25.8. The number of benzene rings is 1. The summed E-state index contributed by atoms with van der Waals surface area (Å²) in [6, 6.07) is 5.93. The second kappa shape index (κ2) is 9.42. The van der Waals surface area contributed by atoms with Crippen molar-refractivity contribution in [3.63, 3.8) is 0 Å². The topological polar surface area (TPSA) is 128 Å². The van der Waals surface area contributed by atoms with Gasteiger partial charge in [-0.2, -0.15) is 0 Å². The summed E-state index contributed by atoms with van der Waals surface area (Å²) >= 11 is 0. The number of aliphatic carboxylic acids is 1. The van der Waals surface area contributed by atoms with Crippen LogP contribution in [0.5, 0.6) is 0 Å². The second-order valence-electron chi connectivity index (χ2n) is 10.5. The molecule has 2 aliphatic rings. The molecule has 1 saturated heterocycles. The number of carboxylic acids is 1. The van der Waals surface area contributed by atoms with Gasteiger partial charge in [0.25, 0.3) is 0 Å². The fourth-order valence-electron chi connectivity index (χ4n) is 4.41. The molecule has 2 amide bonds. The zero-order chi connectivity index (χ0) is 25.4. The standard InChI is InChI=1S/C24H34N2O7Si/c1-24(2,3)34(4,5)33-11-10-15-6-8-16(9-7-15)18-12-17-13-25(22(29)30)14-19(20(18)21(27)28)26(17)23(31)32/h6-9,17,19H,10-14H2,1-5H3,(H,27,28)(H,29,30)(H,31,32)/t17-,19-/m1/s1. The molecule has 0 spiro atoms. The van der Waals surface area contributed by atoms with Crippen molar-refractivity contribution >= 4 is 32.0 Å². The van der Waals surface area contributed by atoms with E-state index in [2.05, 4.69) is 33.9 Å². The summed E-state index contributed by atoms with van der Waals surface area (Å²) in [4.78, 5) is 37.8. The van der Waals surface area contributed by atoms with E-state index in [1.807, 2.05) is 24.3 Å². The van der Waals surface area contributed by atoms with Gasteiger partial charge >= 0.3 is 18.2 Å². The van der Waals surface area contributed by atoms with Gasteiger partial charge in [-0.1, -0.05) is 45.0 Å². The van der Waals surface area contributed by atoms with E-state index in [9.17, 15) is 29.7 Å². The largest absolute Gasteiger partial charge is 0.478 e. The van der Waals surface area contributed by atoms with E-state index in [-0.39, 0.29) is 30.1 Å². The highest BCUT2D eigenvalue weighted by atomic mass is 28.4. The summed E-state index contributed by atoms with van der Waals surface area (Å²) in [6.45, 7) is 11.4. The predicted octanol–water partition coefficient (Wildman–Crippen LogP) is 4.20. The van der Waals surface area contributed by atoms with E-state index in [1.165, 1.54) is 0 Å². The van der Waals surface area contributed by atoms with Gasteiger partial charge in [0.1, 0.15) is 0 Å². The maximum atomic E-state index is 12.2. The normalized spacial score (nSPS) is 21.0. The van der Waals surface area contributed by atoms with E-state index < -0.39 is 38.6 Å². The lowest BCUT2D eigenvalue weighted by atomic mass is 9.82. The molecule has 0 radical (unpaired) electrons. The van der Waals surface area contributed by atoms with Crippen molar-refractivity contribution in [1.29, 1.82) is 0 Å². The molecule has 0 unspecified atom stereocenters. The molecule has 1 aromatic carbocycles. The fourth-order valence-corrected chi connectivity index (χ4v) is 5.46. The highest BCUT2D eigenvalue weighted by Crippen LogP contribution is 2.39. The number of nitrogens with zero attached hydrogens (tertiary/aromatic N) is 2. The van der Waals surface area contributed by atoms with Gasteiger partial charge in [-0.25, -0.2) is 14.4 Å². The Morgan fingerprint density at radius 2 is 1.65 bits per heavy atom. The Kier molecular flexibility index (Phi) is 7.14. The molecule has 0 aromatic heterocycles. The molecule has 3 N–H and O–H groups in total. The van der Waals surface area contributed by atoms with Crippen LogP contribution in [0.3, 0.4) is 0 Å². The summed E-state index contributed by atoms with van der Waals surface area (Å²) in [6.07, 6.45) is -1.54. The Bertz CT molecular complexity index is 998. The van der Waals surface area contributed by atoms with E-state index >= 15 is 0 Å². The lowest BCUT2D eigenvalue weighted by molar-refractivity contribution is -0.133.